The summed E-state index contributed by atoms with van der Waals surface area (Å²) in [6.45, 7) is 0.562. The molecule has 9 heteroatoms. The summed E-state index contributed by atoms with van der Waals surface area (Å²) < 4.78 is 15.9. The van der Waals surface area contributed by atoms with Crippen LogP contribution in [0.5, 0.6) is 11.5 Å². The van der Waals surface area contributed by atoms with Gasteiger partial charge in [-0.1, -0.05) is 23.4 Å². The van der Waals surface area contributed by atoms with Gasteiger partial charge in [-0.2, -0.15) is 4.98 Å². The smallest absolute Gasteiger partial charge is 0.247 e. The molecule has 33 heavy (non-hydrogen) atoms. The van der Waals surface area contributed by atoms with E-state index in [0.29, 0.717) is 48.2 Å². The number of para-hydroxylation sites is 1. The zero-order valence-corrected chi connectivity index (χ0v) is 18.6. The zero-order chi connectivity index (χ0) is 23.2. The highest BCUT2D eigenvalue weighted by molar-refractivity contribution is 5.97. The molecule has 1 aliphatic rings. The summed E-state index contributed by atoms with van der Waals surface area (Å²) >= 11 is 0. The maximum atomic E-state index is 12.8. The van der Waals surface area contributed by atoms with Crippen LogP contribution >= 0.6 is 0 Å². The van der Waals surface area contributed by atoms with Gasteiger partial charge in [-0.05, 0) is 43.2 Å². The molecule has 1 N–H and O–H groups in total. The summed E-state index contributed by atoms with van der Waals surface area (Å²) in [5, 5.41) is 6.90. The average Bonchev–Trinajstić information content (AvgIpc) is 3.53. The lowest BCUT2D eigenvalue weighted by molar-refractivity contribution is -0.136. The highest BCUT2D eigenvalue weighted by Crippen LogP contribution is 2.31. The fraction of sp³-hybridized carbons (Fsp3) is 0.333. The Labute approximate surface area is 191 Å². The molecular formula is C24H26N4O5. The van der Waals surface area contributed by atoms with E-state index in [1.54, 1.807) is 37.3 Å². The van der Waals surface area contributed by atoms with Crippen molar-refractivity contribution >= 4 is 17.5 Å². The Morgan fingerprint density at radius 1 is 1.12 bits per heavy atom. The molecular weight excluding hydrogens is 424 g/mol. The van der Waals surface area contributed by atoms with Crippen molar-refractivity contribution in [2.45, 2.75) is 31.7 Å². The molecule has 1 fully saturated rings. The molecule has 1 aromatic heterocycles. The minimum absolute atomic E-state index is 0.105. The molecule has 2 amide bonds. The van der Waals surface area contributed by atoms with Crippen LogP contribution in [0.25, 0.3) is 11.4 Å². The molecule has 2 aromatic carbocycles. The molecule has 9 nitrogen and oxygen atoms in total. The van der Waals surface area contributed by atoms with Gasteiger partial charge < -0.3 is 24.2 Å². The van der Waals surface area contributed by atoms with Crippen LogP contribution < -0.4 is 14.8 Å². The van der Waals surface area contributed by atoms with E-state index in [0.717, 1.165) is 12.1 Å². The van der Waals surface area contributed by atoms with Crippen LogP contribution in [0.3, 0.4) is 0 Å². The van der Waals surface area contributed by atoms with E-state index in [-0.39, 0.29) is 18.2 Å². The third-order valence-corrected chi connectivity index (χ3v) is 5.58. The first-order chi connectivity index (χ1) is 16.1. The summed E-state index contributed by atoms with van der Waals surface area (Å²) in [5.41, 5.74) is 1.43. The van der Waals surface area contributed by atoms with Crippen molar-refractivity contribution in [1.29, 1.82) is 0 Å². The maximum absolute atomic E-state index is 12.8. The average molecular weight is 450 g/mol. The van der Waals surface area contributed by atoms with Crippen LogP contribution in [0.15, 0.2) is 53.1 Å². The molecule has 1 atom stereocenters. The number of anilines is 1. The predicted octanol–water partition coefficient (Wildman–Crippen LogP) is 3.32. The van der Waals surface area contributed by atoms with Gasteiger partial charge in [0.25, 0.3) is 0 Å². The van der Waals surface area contributed by atoms with Crippen molar-refractivity contribution in [3.8, 4) is 22.9 Å². The number of hydrogen-bond acceptors (Lipinski definition) is 7. The predicted molar refractivity (Wildman–Crippen MR) is 121 cm³/mol. The van der Waals surface area contributed by atoms with Gasteiger partial charge in [0.2, 0.25) is 23.5 Å². The van der Waals surface area contributed by atoms with Crippen molar-refractivity contribution in [2.24, 2.45) is 0 Å². The lowest BCUT2D eigenvalue weighted by atomic mass is 10.2. The minimum atomic E-state index is -0.470. The van der Waals surface area contributed by atoms with Crippen LogP contribution in [-0.2, 0) is 16.0 Å². The summed E-state index contributed by atoms with van der Waals surface area (Å²) in [7, 11) is 3.12. The van der Waals surface area contributed by atoms with E-state index in [1.807, 2.05) is 30.3 Å². The number of aromatic nitrogens is 2. The summed E-state index contributed by atoms with van der Waals surface area (Å²) in [5.74, 6) is 1.65. The van der Waals surface area contributed by atoms with Gasteiger partial charge in [0.15, 0.2) is 11.5 Å². The molecule has 172 valence electrons. The van der Waals surface area contributed by atoms with Gasteiger partial charge in [-0.25, -0.2) is 0 Å². The van der Waals surface area contributed by atoms with Crippen LogP contribution in [-0.4, -0.2) is 53.7 Å². The summed E-state index contributed by atoms with van der Waals surface area (Å²) in [6, 6.07) is 14.1. The van der Waals surface area contributed by atoms with Crippen molar-refractivity contribution in [3.63, 3.8) is 0 Å². The van der Waals surface area contributed by atoms with Crippen LogP contribution in [0.4, 0.5) is 5.69 Å². The van der Waals surface area contributed by atoms with E-state index in [4.69, 9.17) is 14.0 Å². The Hall–Kier alpha value is -3.88. The monoisotopic (exact) mass is 450 g/mol. The number of nitrogens with one attached hydrogen (secondary N) is 1. The Balaban J connectivity index is 1.36. The number of carbonyl (C=O) groups excluding carboxylic acids is 2. The number of rotatable bonds is 8. The molecule has 1 saturated heterocycles. The molecule has 0 spiro atoms. The largest absolute Gasteiger partial charge is 0.493 e. The number of amides is 2. The molecule has 0 radical (unpaired) electrons. The first kappa shape index (κ1) is 22.3. The molecule has 0 unspecified atom stereocenters. The van der Waals surface area contributed by atoms with Crippen molar-refractivity contribution in [3.05, 3.63) is 54.4 Å². The van der Waals surface area contributed by atoms with Crippen LogP contribution in [0.2, 0.25) is 0 Å². The van der Waals surface area contributed by atoms with E-state index in [9.17, 15) is 9.59 Å². The van der Waals surface area contributed by atoms with Gasteiger partial charge in [0, 0.05) is 30.6 Å². The lowest BCUT2D eigenvalue weighted by Crippen LogP contribution is -2.43. The molecule has 0 aliphatic carbocycles. The highest BCUT2D eigenvalue weighted by atomic mass is 16.5. The van der Waals surface area contributed by atoms with Crippen LogP contribution in [0.1, 0.15) is 25.2 Å². The molecule has 0 bridgehead atoms. The molecule has 2 heterocycles. The topological polar surface area (TPSA) is 107 Å². The van der Waals surface area contributed by atoms with E-state index < -0.39 is 6.04 Å². The van der Waals surface area contributed by atoms with Gasteiger partial charge >= 0.3 is 0 Å². The first-order valence-electron chi connectivity index (χ1n) is 10.8. The van der Waals surface area contributed by atoms with Crippen LogP contribution in [0, 0.1) is 0 Å². The third-order valence-electron chi connectivity index (χ3n) is 5.58. The Morgan fingerprint density at radius 3 is 2.67 bits per heavy atom. The van der Waals surface area contributed by atoms with Crippen molar-refractivity contribution in [2.75, 3.05) is 26.1 Å². The summed E-state index contributed by atoms with van der Waals surface area (Å²) in [4.78, 5) is 31.6. The number of ether oxygens (including phenoxy) is 2. The number of hydrogen-bond donors (Lipinski definition) is 1. The number of carbonyl (C=O) groups is 2. The minimum Gasteiger partial charge on any atom is -0.493 e. The first-order valence-corrected chi connectivity index (χ1v) is 10.8. The highest BCUT2D eigenvalue weighted by Gasteiger charge is 2.34. The van der Waals surface area contributed by atoms with E-state index >= 15 is 0 Å². The quantitative estimate of drug-likeness (QED) is 0.561. The van der Waals surface area contributed by atoms with Gasteiger partial charge in [-0.15, -0.1) is 0 Å². The lowest BCUT2D eigenvalue weighted by Gasteiger charge is -2.23. The van der Waals surface area contributed by atoms with E-state index in [1.165, 1.54) is 0 Å². The fourth-order valence-electron chi connectivity index (χ4n) is 3.89. The normalized spacial score (nSPS) is 15.3. The Bertz CT molecular complexity index is 1120. The SMILES string of the molecule is COc1ccc(-c2noc(CCC(=O)N3CCC[C@H]3C(=O)Nc3ccccc3)n2)cc1OC. The second kappa shape index (κ2) is 10.2. The molecule has 4 rings (SSSR count). The van der Waals surface area contributed by atoms with Crippen molar-refractivity contribution < 1.29 is 23.6 Å². The number of nitrogens with zero attached hydrogens (tertiary/aromatic N) is 3. The maximum Gasteiger partial charge on any atom is 0.247 e. The standard InChI is InChI=1S/C24H26N4O5/c1-31-19-11-10-16(15-20(19)32-2)23-26-21(33-27-23)12-13-22(29)28-14-6-9-18(28)24(30)25-17-7-4-3-5-8-17/h3-5,7-8,10-11,15,18H,6,9,12-14H2,1-2H3,(H,25,30)/t18-/m0/s1. The Kier molecular flexibility index (Phi) is 6.87. The second-order valence-electron chi connectivity index (χ2n) is 7.68. The third kappa shape index (κ3) is 5.14. The number of benzene rings is 2. The zero-order valence-electron chi connectivity index (χ0n) is 18.6. The molecule has 1 aliphatic heterocycles. The van der Waals surface area contributed by atoms with Gasteiger partial charge in [0.1, 0.15) is 6.04 Å². The number of methoxy groups -OCH3 is 2. The Morgan fingerprint density at radius 2 is 1.91 bits per heavy atom. The van der Waals surface area contributed by atoms with Gasteiger partial charge in [-0.3, -0.25) is 9.59 Å². The molecule has 3 aromatic rings. The number of likely N-dealkylation sites (tertiary alicyclic amines) is 1. The second-order valence-corrected chi connectivity index (χ2v) is 7.68. The fourth-order valence-corrected chi connectivity index (χ4v) is 3.89. The van der Waals surface area contributed by atoms with Crippen molar-refractivity contribution in [1.82, 2.24) is 15.0 Å². The van der Waals surface area contributed by atoms with E-state index in [2.05, 4.69) is 15.5 Å². The van der Waals surface area contributed by atoms with Gasteiger partial charge in [0.05, 0.1) is 14.2 Å². The molecule has 0 saturated carbocycles. The number of aryl methyl sites for hydroxylation is 1. The summed E-state index contributed by atoms with van der Waals surface area (Å²) in [6.07, 6.45) is 1.92.